The Bertz CT molecular complexity index is 1090. The van der Waals surface area contributed by atoms with Crippen LogP contribution in [0.5, 0.6) is 5.75 Å². The van der Waals surface area contributed by atoms with Gasteiger partial charge in [-0.3, -0.25) is 14.2 Å². The van der Waals surface area contributed by atoms with Gasteiger partial charge in [0.25, 0.3) is 5.56 Å². The van der Waals surface area contributed by atoms with Crippen LogP contribution in [-0.4, -0.2) is 21.8 Å². The first kappa shape index (κ1) is 20.3. The van der Waals surface area contributed by atoms with Crippen molar-refractivity contribution in [2.24, 2.45) is 0 Å². The number of aromatic nitrogens is 2. The first-order valence-electron chi connectivity index (χ1n) is 8.43. The Morgan fingerprint density at radius 2 is 1.90 bits per heavy atom. The third kappa shape index (κ3) is 4.89. The number of nitrogens with one attached hydrogen (secondary N) is 1. The summed E-state index contributed by atoms with van der Waals surface area (Å²) in [5.74, 6) is -1.66. The topological polar surface area (TPSA) is 73.2 Å². The number of carbonyl (C=O) groups is 1. The van der Waals surface area contributed by atoms with Crippen LogP contribution in [-0.2, 0) is 11.3 Å². The van der Waals surface area contributed by atoms with E-state index < -0.39 is 36.2 Å². The van der Waals surface area contributed by atoms with E-state index >= 15 is 0 Å². The molecule has 0 radical (unpaired) electrons. The summed E-state index contributed by atoms with van der Waals surface area (Å²) in [4.78, 5) is 28.6. The molecule has 3 rings (SSSR count). The maximum atomic E-state index is 13.9. The highest BCUT2D eigenvalue weighted by molar-refractivity contribution is 5.79. The fourth-order valence-corrected chi connectivity index (χ4v) is 2.76. The van der Waals surface area contributed by atoms with Crippen molar-refractivity contribution in [3.63, 3.8) is 0 Å². The van der Waals surface area contributed by atoms with Gasteiger partial charge in [-0.1, -0.05) is 18.2 Å². The molecule has 1 amide bonds. The number of rotatable bonds is 5. The number of halogens is 4. The van der Waals surface area contributed by atoms with Gasteiger partial charge in [0, 0.05) is 0 Å². The van der Waals surface area contributed by atoms with Crippen molar-refractivity contribution < 1.29 is 27.1 Å². The number of nitrogens with zero attached hydrogens (tertiary/aromatic N) is 2. The summed E-state index contributed by atoms with van der Waals surface area (Å²) in [5.41, 5.74) is 0.0219. The first-order chi connectivity index (χ1) is 13.6. The van der Waals surface area contributed by atoms with Crippen LogP contribution in [0.1, 0.15) is 18.5 Å². The molecule has 10 heteroatoms. The Morgan fingerprint density at radius 3 is 2.55 bits per heavy atom. The quantitative estimate of drug-likeness (QED) is 0.657. The van der Waals surface area contributed by atoms with Crippen LogP contribution >= 0.6 is 0 Å². The summed E-state index contributed by atoms with van der Waals surface area (Å²) in [6, 6.07) is 8.51. The number of fused-ring (bicyclic) bond motifs is 1. The van der Waals surface area contributed by atoms with Gasteiger partial charge in [0.15, 0.2) is 0 Å². The molecule has 6 nitrogen and oxygen atoms in total. The maximum absolute atomic E-state index is 13.9. The smallest absolute Gasteiger partial charge is 0.406 e. The van der Waals surface area contributed by atoms with Crippen molar-refractivity contribution in [2.45, 2.75) is 25.9 Å². The number of amides is 1. The van der Waals surface area contributed by atoms with Gasteiger partial charge < -0.3 is 10.1 Å². The Labute approximate surface area is 161 Å². The predicted molar refractivity (Wildman–Crippen MR) is 95.6 cm³/mol. The molecular weight excluding hydrogens is 394 g/mol. The van der Waals surface area contributed by atoms with Gasteiger partial charge in [0.2, 0.25) is 5.91 Å². The number of alkyl halides is 3. The van der Waals surface area contributed by atoms with Crippen molar-refractivity contribution in [2.75, 3.05) is 0 Å². The van der Waals surface area contributed by atoms with E-state index in [1.165, 1.54) is 24.3 Å². The molecule has 1 atom stereocenters. The average molecular weight is 409 g/mol. The van der Waals surface area contributed by atoms with Gasteiger partial charge in [-0.15, -0.1) is 13.2 Å². The number of ether oxygens (including phenoxy) is 1. The number of hydrogen-bond acceptors (Lipinski definition) is 4. The zero-order chi connectivity index (χ0) is 21.2. The minimum atomic E-state index is -4.79. The summed E-state index contributed by atoms with van der Waals surface area (Å²) < 4.78 is 55.3. The van der Waals surface area contributed by atoms with Crippen LogP contribution < -0.4 is 15.6 Å². The van der Waals surface area contributed by atoms with Gasteiger partial charge >= 0.3 is 6.36 Å². The summed E-state index contributed by atoms with van der Waals surface area (Å²) in [7, 11) is 0. The monoisotopic (exact) mass is 409 g/mol. The summed E-state index contributed by atoms with van der Waals surface area (Å²) in [6.07, 6.45) is -3.64. The number of hydrogen-bond donors (Lipinski definition) is 1. The van der Waals surface area contributed by atoms with E-state index in [0.717, 1.165) is 29.1 Å². The first-order valence-corrected chi connectivity index (χ1v) is 8.43. The zero-order valence-electron chi connectivity index (χ0n) is 15.0. The molecular formula is C19H15F4N3O3. The van der Waals surface area contributed by atoms with Crippen LogP contribution in [0.3, 0.4) is 0 Å². The third-order valence-electron chi connectivity index (χ3n) is 4.11. The molecule has 0 aliphatic rings. The fourth-order valence-electron chi connectivity index (χ4n) is 2.76. The van der Waals surface area contributed by atoms with Gasteiger partial charge in [-0.25, -0.2) is 9.37 Å². The Morgan fingerprint density at radius 1 is 1.21 bits per heavy atom. The van der Waals surface area contributed by atoms with Crippen LogP contribution in [0.2, 0.25) is 0 Å². The van der Waals surface area contributed by atoms with E-state index in [2.05, 4.69) is 15.0 Å². The van der Waals surface area contributed by atoms with E-state index in [1.807, 2.05) is 0 Å². The van der Waals surface area contributed by atoms with Gasteiger partial charge in [0.1, 0.15) is 23.5 Å². The minimum Gasteiger partial charge on any atom is -0.406 e. The lowest BCUT2D eigenvalue weighted by Gasteiger charge is -2.16. The van der Waals surface area contributed by atoms with Crippen LogP contribution in [0.25, 0.3) is 10.9 Å². The molecule has 0 saturated heterocycles. The highest BCUT2D eigenvalue weighted by Gasteiger charge is 2.31. The van der Waals surface area contributed by atoms with Gasteiger partial charge in [-0.05, 0) is 36.8 Å². The molecule has 0 aliphatic carbocycles. The second kappa shape index (κ2) is 7.90. The number of benzene rings is 2. The number of carbonyl (C=O) groups excluding carboxylic acids is 1. The zero-order valence-corrected chi connectivity index (χ0v) is 15.0. The normalized spacial score (nSPS) is 12.6. The van der Waals surface area contributed by atoms with E-state index in [-0.39, 0.29) is 16.7 Å². The second-order valence-corrected chi connectivity index (χ2v) is 6.22. The maximum Gasteiger partial charge on any atom is 0.573 e. The molecule has 0 saturated carbocycles. The highest BCUT2D eigenvalue weighted by Crippen LogP contribution is 2.24. The van der Waals surface area contributed by atoms with Crippen LogP contribution in [0, 0.1) is 5.82 Å². The highest BCUT2D eigenvalue weighted by atomic mass is 19.4. The molecule has 0 bridgehead atoms. The molecule has 2 aromatic carbocycles. The fraction of sp³-hybridized carbons (Fsp3) is 0.211. The van der Waals surface area contributed by atoms with Crippen molar-refractivity contribution >= 4 is 16.8 Å². The van der Waals surface area contributed by atoms with Gasteiger partial charge in [0.05, 0.1) is 17.9 Å². The molecule has 1 aromatic heterocycles. The van der Waals surface area contributed by atoms with E-state index in [4.69, 9.17) is 0 Å². The Hall–Kier alpha value is -3.43. The SMILES string of the molecule is C[C@H](NC(=O)Cn1cnc2cccc(F)c2c1=O)c1ccc(OC(F)(F)F)cc1. The predicted octanol–water partition coefficient (Wildman–Crippen LogP) is 3.31. The molecule has 29 heavy (non-hydrogen) atoms. The average Bonchev–Trinajstić information content (AvgIpc) is 2.63. The summed E-state index contributed by atoms with van der Waals surface area (Å²) >= 11 is 0. The minimum absolute atomic E-state index is 0.182. The molecule has 0 aliphatic heterocycles. The lowest BCUT2D eigenvalue weighted by Crippen LogP contribution is -2.34. The molecule has 3 aromatic rings. The van der Waals surface area contributed by atoms with Crippen LogP contribution in [0.15, 0.2) is 53.6 Å². The molecule has 0 unspecified atom stereocenters. The van der Waals surface area contributed by atoms with Crippen molar-refractivity contribution in [3.05, 3.63) is 70.5 Å². The molecule has 0 spiro atoms. The lowest BCUT2D eigenvalue weighted by molar-refractivity contribution is -0.274. The third-order valence-corrected chi connectivity index (χ3v) is 4.11. The van der Waals surface area contributed by atoms with Crippen molar-refractivity contribution in [1.29, 1.82) is 0 Å². The van der Waals surface area contributed by atoms with Crippen LogP contribution in [0.4, 0.5) is 17.6 Å². The second-order valence-electron chi connectivity index (χ2n) is 6.22. The standard InChI is InChI=1S/C19H15F4N3O3/c1-11(12-5-7-13(8-6-12)29-19(21,22)23)25-16(27)9-26-10-24-15-4-2-3-14(20)17(15)18(26)28/h2-8,10-11H,9H2,1H3,(H,25,27)/t11-/m0/s1. The van der Waals surface area contributed by atoms with E-state index in [9.17, 15) is 27.2 Å². The Kier molecular flexibility index (Phi) is 5.53. The molecule has 0 fully saturated rings. The van der Waals surface area contributed by atoms with Crippen molar-refractivity contribution in [1.82, 2.24) is 14.9 Å². The van der Waals surface area contributed by atoms with E-state index in [0.29, 0.717) is 5.56 Å². The lowest BCUT2D eigenvalue weighted by atomic mass is 10.1. The Balaban J connectivity index is 1.69. The summed E-state index contributed by atoms with van der Waals surface area (Å²) in [5, 5.41) is 2.41. The molecule has 1 N–H and O–H groups in total. The van der Waals surface area contributed by atoms with Crippen molar-refractivity contribution in [3.8, 4) is 5.75 Å². The summed E-state index contributed by atoms with van der Waals surface area (Å²) in [6.45, 7) is 1.23. The molecule has 152 valence electrons. The largest absolute Gasteiger partial charge is 0.573 e. The van der Waals surface area contributed by atoms with E-state index in [1.54, 1.807) is 6.92 Å². The molecule has 1 heterocycles. The van der Waals surface area contributed by atoms with Gasteiger partial charge in [-0.2, -0.15) is 0 Å².